The minimum atomic E-state index is -4.43. The molecule has 0 aliphatic carbocycles. The molecule has 1 aliphatic heterocycles. The molecule has 1 heterocycles. The van der Waals surface area contributed by atoms with Crippen LogP contribution >= 0.6 is 11.8 Å². The second-order valence-electron chi connectivity index (χ2n) is 8.30. The average molecular weight is 476 g/mol. The van der Waals surface area contributed by atoms with Crippen LogP contribution in [0.15, 0.2) is 70.5 Å². The molecule has 4 N–H and O–H groups in total. The van der Waals surface area contributed by atoms with Crippen molar-refractivity contribution >= 4 is 11.8 Å². The van der Waals surface area contributed by atoms with Crippen LogP contribution in [0.4, 0.5) is 13.2 Å². The van der Waals surface area contributed by atoms with Crippen molar-refractivity contribution in [3.8, 4) is 11.5 Å². The van der Waals surface area contributed by atoms with E-state index in [1.54, 1.807) is 17.8 Å². The van der Waals surface area contributed by atoms with E-state index in [0.717, 1.165) is 38.6 Å². The highest BCUT2D eigenvalue weighted by atomic mass is 32.2. The van der Waals surface area contributed by atoms with Crippen LogP contribution in [0.2, 0.25) is 0 Å². The van der Waals surface area contributed by atoms with Crippen molar-refractivity contribution in [1.82, 2.24) is 0 Å². The van der Waals surface area contributed by atoms with Crippen LogP contribution in [0, 0.1) is 0 Å². The largest absolute Gasteiger partial charge is 0.457 e. The van der Waals surface area contributed by atoms with Crippen LogP contribution in [-0.2, 0) is 19.0 Å². The first-order chi connectivity index (χ1) is 15.7. The molecule has 0 aromatic heterocycles. The first-order valence-electron chi connectivity index (χ1n) is 10.5. The first-order valence-corrected chi connectivity index (χ1v) is 11.3. The summed E-state index contributed by atoms with van der Waals surface area (Å²) in [4.78, 5) is 2.22. The van der Waals surface area contributed by atoms with Crippen molar-refractivity contribution in [3.63, 3.8) is 0 Å². The zero-order valence-electron chi connectivity index (χ0n) is 17.7. The molecular weight excluding hydrogens is 451 g/mol. The van der Waals surface area contributed by atoms with Gasteiger partial charge in [-0.25, -0.2) is 0 Å². The van der Waals surface area contributed by atoms with Gasteiger partial charge in [0.1, 0.15) is 11.5 Å². The van der Waals surface area contributed by atoms with Crippen LogP contribution in [0.5, 0.6) is 11.5 Å². The number of fused-ring (bicyclic) bond motifs is 2. The third kappa shape index (κ3) is 5.52. The summed E-state index contributed by atoms with van der Waals surface area (Å²) in [5.74, 6) is 0.612. The normalized spacial score (nSPS) is 13.4. The Morgan fingerprint density at radius 1 is 0.879 bits per heavy atom. The summed E-state index contributed by atoms with van der Waals surface area (Å²) < 4.78 is 44.6. The quantitative estimate of drug-likeness (QED) is 0.344. The molecule has 0 saturated heterocycles. The number of benzene rings is 3. The van der Waals surface area contributed by atoms with Gasteiger partial charge in [0.05, 0.1) is 24.3 Å². The Bertz CT molecular complexity index is 1150. The van der Waals surface area contributed by atoms with Crippen LogP contribution in [0.1, 0.15) is 28.7 Å². The van der Waals surface area contributed by atoms with Crippen LogP contribution in [-0.4, -0.2) is 29.0 Å². The Labute approximate surface area is 194 Å². The maximum atomic E-state index is 13.0. The second kappa shape index (κ2) is 9.38. The van der Waals surface area contributed by atoms with Gasteiger partial charge in [0.25, 0.3) is 0 Å². The van der Waals surface area contributed by atoms with Gasteiger partial charge in [-0.05, 0) is 78.4 Å². The number of hydrogen-bond acceptors (Lipinski definition) is 5. The van der Waals surface area contributed by atoms with Gasteiger partial charge < -0.3 is 20.7 Å². The zero-order chi connectivity index (χ0) is 23.6. The maximum absolute atomic E-state index is 13.0. The first kappa shape index (κ1) is 23.6. The Hall–Kier alpha value is -2.52. The average Bonchev–Trinajstić information content (AvgIpc) is 2.80. The lowest BCUT2D eigenvalue weighted by Crippen LogP contribution is -2.47. The molecule has 1 aliphatic rings. The van der Waals surface area contributed by atoms with Gasteiger partial charge in [-0.1, -0.05) is 30.0 Å². The highest BCUT2D eigenvalue weighted by molar-refractivity contribution is 7.99. The molecule has 3 aromatic rings. The molecule has 0 spiro atoms. The number of rotatable bonds is 7. The minimum absolute atomic E-state index is 0.133. The van der Waals surface area contributed by atoms with Crippen molar-refractivity contribution in [3.05, 3.63) is 82.9 Å². The van der Waals surface area contributed by atoms with Crippen molar-refractivity contribution in [1.29, 1.82) is 0 Å². The molecule has 0 unspecified atom stereocenters. The Morgan fingerprint density at radius 3 is 2.24 bits per heavy atom. The molecule has 4 nitrogen and oxygen atoms in total. The van der Waals surface area contributed by atoms with Gasteiger partial charge in [0, 0.05) is 9.79 Å². The standard InChI is InChI=1S/C25H24F3NO3S/c26-25(27,28)19-2-1-3-20(13-19)32-21-5-7-23-18(12-21)11-17-10-16(4-6-22(17)33-23)8-9-24(29,14-30)15-31/h1-7,10,12-13,30-31H,8-9,11,14-15,29H2. The van der Waals surface area contributed by atoms with E-state index < -0.39 is 17.3 Å². The summed E-state index contributed by atoms with van der Waals surface area (Å²) in [6.07, 6.45) is -2.68. The Morgan fingerprint density at radius 2 is 1.55 bits per heavy atom. The summed E-state index contributed by atoms with van der Waals surface area (Å²) in [6, 6.07) is 16.6. The third-order valence-corrected chi connectivity index (χ3v) is 6.93. The third-order valence-electron chi connectivity index (χ3n) is 5.70. The fourth-order valence-corrected chi connectivity index (χ4v) is 4.71. The summed E-state index contributed by atoms with van der Waals surface area (Å²) in [7, 11) is 0. The second-order valence-corrected chi connectivity index (χ2v) is 9.38. The molecule has 8 heteroatoms. The number of alkyl halides is 3. The summed E-state index contributed by atoms with van der Waals surface area (Å²) >= 11 is 1.64. The van der Waals surface area contributed by atoms with Crippen molar-refractivity contribution in [2.45, 2.75) is 40.8 Å². The molecule has 0 amide bonds. The van der Waals surface area contributed by atoms with E-state index in [2.05, 4.69) is 12.1 Å². The number of hydrogen-bond donors (Lipinski definition) is 3. The SMILES string of the molecule is NC(CO)(CO)CCc1ccc2c(c1)Cc1cc(Oc3cccc(C(F)(F)F)c3)ccc1S2. The fourth-order valence-electron chi connectivity index (χ4n) is 3.68. The van der Waals surface area contributed by atoms with E-state index >= 15 is 0 Å². The van der Waals surface area contributed by atoms with E-state index in [0.29, 0.717) is 25.0 Å². The summed E-state index contributed by atoms with van der Waals surface area (Å²) in [6.45, 7) is -0.571. The lowest BCUT2D eigenvalue weighted by Gasteiger charge is -2.25. The Balaban J connectivity index is 1.50. The zero-order valence-corrected chi connectivity index (χ0v) is 18.5. The van der Waals surface area contributed by atoms with Crippen molar-refractivity contribution in [2.24, 2.45) is 5.73 Å². The number of aliphatic hydroxyl groups is 2. The van der Waals surface area contributed by atoms with Gasteiger partial charge in [0.15, 0.2) is 0 Å². The van der Waals surface area contributed by atoms with Gasteiger partial charge >= 0.3 is 6.18 Å². The lowest BCUT2D eigenvalue weighted by molar-refractivity contribution is -0.137. The molecule has 0 saturated carbocycles. The summed E-state index contributed by atoms with van der Waals surface area (Å²) in [5, 5.41) is 18.8. The number of aryl methyl sites for hydroxylation is 1. The van der Waals surface area contributed by atoms with Crippen molar-refractivity contribution < 1.29 is 28.1 Å². The molecule has 33 heavy (non-hydrogen) atoms. The predicted octanol–water partition coefficient (Wildman–Crippen LogP) is 5.17. The highest BCUT2D eigenvalue weighted by Crippen LogP contribution is 2.42. The van der Waals surface area contributed by atoms with Crippen LogP contribution in [0.3, 0.4) is 0 Å². The van der Waals surface area contributed by atoms with Gasteiger partial charge in [-0.3, -0.25) is 0 Å². The molecular formula is C25H24F3NO3S. The highest BCUT2D eigenvalue weighted by Gasteiger charge is 2.30. The molecule has 3 aromatic carbocycles. The van der Waals surface area contributed by atoms with Crippen molar-refractivity contribution in [2.75, 3.05) is 13.2 Å². The van der Waals surface area contributed by atoms with Crippen LogP contribution < -0.4 is 10.5 Å². The van der Waals surface area contributed by atoms with E-state index in [1.807, 2.05) is 18.2 Å². The molecule has 174 valence electrons. The number of ether oxygens (including phenoxy) is 1. The van der Waals surface area contributed by atoms with Gasteiger partial charge in [0.2, 0.25) is 0 Å². The molecule has 4 rings (SSSR count). The van der Waals surface area contributed by atoms with Gasteiger partial charge in [-0.2, -0.15) is 13.2 Å². The smallest absolute Gasteiger partial charge is 0.416 e. The molecule has 0 bridgehead atoms. The minimum Gasteiger partial charge on any atom is -0.457 e. The van der Waals surface area contributed by atoms with Crippen LogP contribution in [0.25, 0.3) is 0 Å². The number of nitrogens with two attached hydrogens (primary N) is 1. The topological polar surface area (TPSA) is 75.7 Å². The van der Waals surface area contributed by atoms with E-state index in [1.165, 1.54) is 12.1 Å². The molecule has 0 fully saturated rings. The predicted molar refractivity (Wildman–Crippen MR) is 121 cm³/mol. The van der Waals surface area contributed by atoms with Gasteiger partial charge in [-0.15, -0.1) is 0 Å². The maximum Gasteiger partial charge on any atom is 0.416 e. The lowest BCUT2D eigenvalue weighted by atomic mass is 9.92. The van der Waals surface area contributed by atoms with E-state index in [-0.39, 0.29) is 19.0 Å². The van der Waals surface area contributed by atoms with E-state index in [9.17, 15) is 23.4 Å². The summed E-state index contributed by atoms with van der Waals surface area (Å²) in [5.41, 5.74) is 7.45. The van der Waals surface area contributed by atoms with E-state index in [4.69, 9.17) is 10.5 Å². The number of aliphatic hydroxyl groups excluding tert-OH is 2. The monoisotopic (exact) mass is 475 g/mol. The Kier molecular flexibility index (Phi) is 6.72. The molecule has 0 radical (unpaired) electrons. The molecule has 0 atom stereocenters. The fraction of sp³-hybridized carbons (Fsp3) is 0.280. The number of halogens is 3.